The zero-order chi connectivity index (χ0) is 9.40. The van der Waals surface area contributed by atoms with Gasteiger partial charge in [0.1, 0.15) is 0 Å². The minimum atomic E-state index is -0.366. The van der Waals surface area contributed by atoms with E-state index >= 15 is 0 Å². The second-order valence-corrected chi connectivity index (χ2v) is 2.78. The molecule has 0 spiro atoms. The van der Waals surface area contributed by atoms with Gasteiger partial charge in [-0.15, -0.1) is 6.58 Å². The van der Waals surface area contributed by atoms with Crippen molar-refractivity contribution in [3.8, 4) is 0 Å². The van der Waals surface area contributed by atoms with Crippen LogP contribution in [0.25, 0.3) is 0 Å². The van der Waals surface area contributed by atoms with E-state index in [1.807, 2.05) is 6.92 Å². The molecule has 3 heteroatoms. The third kappa shape index (κ3) is 5.77. The van der Waals surface area contributed by atoms with Crippen molar-refractivity contribution >= 4 is 6.09 Å². The minimum Gasteiger partial charge on any atom is -0.449 e. The van der Waals surface area contributed by atoms with E-state index < -0.39 is 0 Å². The van der Waals surface area contributed by atoms with E-state index in [0.717, 1.165) is 6.42 Å². The summed E-state index contributed by atoms with van der Waals surface area (Å²) in [6, 6.07) is 0. The van der Waals surface area contributed by atoms with Crippen molar-refractivity contribution in [2.45, 2.75) is 20.3 Å². The Morgan fingerprint density at radius 1 is 1.75 bits per heavy atom. The van der Waals surface area contributed by atoms with E-state index in [-0.39, 0.29) is 6.09 Å². The molecule has 1 N–H and O–H groups in total. The van der Waals surface area contributed by atoms with Crippen LogP contribution in [-0.2, 0) is 4.74 Å². The molecule has 0 aliphatic rings. The molecule has 0 saturated carbocycles. The number of hydrogen-bond acceptors (Lipinski definition) is 2. The summed E-state index contributed by atoms with van der Waals surface area (Å²) < 4.78 is 4.90. The van der Waals surface area contributed by atoms with Crippen molar-refractivity contribution in [2.75, 3.05) is 13.2 Å². The first-order chi connectivity index (χ1) is 5.70. The van der Waals surface area contributed by atoms with Crippen LogP contribution in [0.5, 0.6) is 0 Å². The smallest absolute Gasteiger partial charge is 0.407 e. The zero-order valence-electron chi connectivity index (χ0n) is 7.80. The summed E-state index contributed by atoms with van der Waals surface area (Å²) in [7, 11) is 0. The van der Waals surface area contributed by atoms with E-state index in [4.69, 9.17) is 4.74 Å². The highest BCUT2D eigenvalue weighted by atomic mass is 16.5. The first kappa shape index (κ1) is 11.0. The Labute approximate surface area is 73.8 Å². The van der Waals surface area contributed by atoms with Crippen molar-refractivity contribution in [3.63, 3.8) is 0 Å². The SMILES string of the molecule is C=CCNC(=O)OCC(C)CC. The van der Waals surface area contributed by atoms with Gasteiger partial charge in [0.15, 0.2) is 0 Å². The Bertz CT molecular complexity index is 145. The minimum absolute atomic E-state index is 0.366. The number of nitrogens with one attached hydrogen (secondary N) is 1. The lowest BCUT2D eigenvalue weighted by molar-refractivity contribution is 0.130. The number of alkyl carbamates (subject to hydrolysis) is 1. The monoisotopic (exact) mass is 171 g/mol. The predicted molar refractivity (Wildman–Crippen MR) is 49.0 cm³/mol. The van der Waals surface area contributed by atoms with Gasteiger partial charge in [0.05, 0.1) is 6.61 Å². The van der Waals surface area contributed by atoms with Crippen LogP contribution in [0.1, 0.15) is 20.3 Å². The van der Waals surface area contributed by atoms with E-state index in [1.54, 1.807) is 6.08 Å². The fraction of sp³-hybridized carbons (Fsp3) is 0.667. The van der Waals surface area contributed by atoms with Gasteiger partial charge in [0.25, 0.3) is 0 Å². The Balaban J connectivity index is 3.36. The van der Waals surface area contributed by atoms with E-state index in [9.17, 15) is 4.79 Å². The van der Waals surface area contributed by atoms with Gasteiger partial charge in [-0.1, -0.05) is 26.3 Å². The number of carbonyl (C=O) groups is 1. The van der Waals surface area contributed by atoms with Gasteiger partial charge in [-0.25, -0.2) is 4.79 Å². The Morgan fingerprint density at radius 2 is 2.42 bits per heavy atom. The number of amides is 1. The molecule has 1 amide bonds. The fourth-order valence-corrected chi connectivity index (χ4v) is 0.542. The van der Waals surface area contributed by atoms with Crippen molar-refractivity contribution in [3.05, 3.63) is 12.7 Å². The topological polar surface area (TPSA) is 38.3 Å². The summed E-state index contributed by atoms with van der Waals surface area (Å²) in [5, 5.41) is 2.53. The molecule has 12 heavy (non-hydrogen) atoms. The van der Waals surface area contributed by atoms with Gasteiger partial charge < -0.3 is 10.1 Å². The lowest BCUT2D eigenvalue weighted by Crippen LogP contribution is -2.25. The number of ether oxygens (including phenoxy) is 1. The first-order valence-corrected chi connectivity index (χ1v) is 4.22. The van der Waals surface area contributed by atoms with Gasteiger partial charge in [0.2, 0.25) is 0 Å². The quantitative estimate of drug-likeness (QED) is 0.642. The normalized spacial score (nSPS) is 11.8. The third-order valence-electron chi connectivity index (χ3n) is 1.59. The maximum Gasteiger partial charge on any atom is 0.407 e. The van der Waals surface area contributed by atoms with Crippen LogP contribution in [0.2, 0.25) is 0 Å². The molecule has 0 aliphatic heterocycles. The molecule has 0 aromatic rings. The largest absolute Gasteiger partial charge is 0.449 e. The van der Waals surface area contributed by atoms with Crippen molar-refractivity contribution in [1.82, 2.24) is 5.32 Å². The highest BCUT2D eigenvalue weighted by Crippen LogP contribution is 2.00. The van der Waals surface area contributed by atoms with Gasteiger partial charge in [-0.3, -0.25) is 0 Å². The summed E-state index contributed by atoms with van der Waals surface area (Å²) in [5.41, 5.74) is 0. The van der Waals surface area contributed by atoms with Crippen molar-refractivity contribution in [2.24, 2.45) is 5.92 Å². The summed E-state index contributed by atoms with van der Waals surface area (Å²) >= 11 is 0. The predicted octanol–water partition coefficient (Wildman–Crippen LogP) is 1.94. The second-order valence-electron chi connectivity index (χ2n) is 2.78. The van der Waals surface area contributed by atoms with Crippen LogP contribution < -0.4 is 5.32 Å². The van der Waals surface area contributed by atoms with Crippen LogP contribution in [0.3, 0.4) is 0 Å². The molecule has 3 nitrogen and oxygen atoms in total. The van der Waals surface area contributed by atoms with Gasteiger partial charge >= 0.3 is 6.09 Å². The zero-order valence-corrected chi connectivity index (χ0v) is 7.80. The molecule has 70 valence electrons. The molecule has 0 heterocycles. The molecule has 0 aromatic heterocycles. The molecule has 1 atom stereocenters. The Kier molecular flexibility index (Phi) is 6.15. The summed E-state index contributed by atoms with van der Waals surface area (Å²) in [6.07, 6.45) is 2.27. The van der Waals surface area contributed by atoms with Crippen LogP contribution >= 0.6 is 0 Å². The van der Waals surface area contributed by atoms with Crippen molar-refractivity contribution in [1.29, 1.82) is 0 Å². The maximum absolute atomic E-state index is 10.8. The lowest BCUT2D eigenvalue weighted by Gasteiger charge is -2.09. The molecule has 0 radical (unpaired) electrons. The Morgan fingerprint density at radius 3 is 2.92 bits per heavy atom. The number of rotatable bonds is 5. The van der Waals surface area contributed by atoms with Crippen LogP contribution in [0.15, 0.2) is 12.7 Å². The fourth-order valence-electron chi connectivity index (χ4n) is 0.542. The average Bonchev–Trinajstić information content (AvgIpc) is 2.10. The molecular weight excluding hydrogens is 154 g/mol. The molecule has 0 saturated heterocycles. The van der Waals surface area contributed by atoms with Crippen LogP contribution in [0, 0.1) is 5.92 Å². The van der Waals surface area contributed by atoms with Gasteiger partial charge in [-0.2, -0.15) is 0 Å². The molecule has 0 aliphatic carbocycles. The van der Waals surface area contributed by atoms with Gasteiger partial charge in [-0.05, 0) is 5.92 Å². The molecular formula is C9H17NO2. The van der Waals surface area contributed by atoms with Crippen LogP contribution in [0.4, 0.5) is 4.79 Å². The van der Waals surface area contributed by atoms with Gasteiger partial charge in [0, 0.05) is 6.54 Å². The van der Waals surface area contributed by atoms with E-state index in [1.165, 1.54) is 0 Å². The first-order valence-electron chi connectivity index (χ1n) is 4.22. The summed E-state index contributed by atoms with van der Waals surface area (Å²) in [6.45, 7) is 8.52. The standard InChI is InChI=1S/C9H17NO2/c1-4-6-10-9(11)12-7-8(3)5-2/h4,8H,1,5-7H2,2-3H3,(H,10,11). The highest BCUT2D eigenvalue weighted by molar-refractivity contribution is 5.67. The third-order valence-corrected chi connectivity index (χ3v) is 1.59. The molecule has 1 unspecified atom stereocenters. The summed E-state index contributed by atoms with van der Waals surface area (Å²) in [5.74, 6) is 0.430. The highest BCUT2D eigenvalue weighted by Gasteiger charge is 2.03. The number of carbonyl (C=O) groups excluding carboxylic acids is 1. The second kappa shape index (κ2) is 6.70. The van der Waals surface area contributed by atoms with Crippen LogP contribution in [-0.4, -0.2) is 19.2 Å². The maximum atomic E-state index is 10.8. The number of hydrogen-bond donors (Lipinski definition) is 1. The Hall–Kier alpha value is -0.990. The van der Waals surface area contributed by atoms with E-state index in [2.05, 4.69) is 18.8 Å². The molecule has 0 rings (SSSR count). The summed E-state index contributed by atoms with van der Waals surface area (Å²) in [4.78, 5) is 10.8. The molecule has 0 fully saturated rings. The average molecular weight is 171 g/mol. The molecule has 0 bridgehead atoms. The lowest BCUT2D eigenvalue weighted by atomic mass is 10.1. The van der Waals surface area contributed by atoms with E-state index in [0.29, 0.717) is 19.1 Å². The van der Waals surface area contributed by atoms with Crippen molar-refractivity contribution < 1.29 is 9.53 Å². The molecule has 0 aromatic carbocycles.